The van der Waals surface area contributed by atoms with Gasteiger partial charge in [-0.15, -0.1) is 12.4 Å². The third-order valence-electron chi connectivity index (χ3n) is 2.06. The van der Waals surface area contributed by atoms with Crippen molar-refractivity contribution in [2.75, 3.05) is 19.6 Å². The predicted octanol–water partition coefficient (Wildman–Crippen LogP) is -0.0291. The molecule has 0 aromatic carbocycles. The fraction of sp³-hybridized carbons (Fsp3) is 0.800. The van der Waals surface area contributed by atoms with Gasteiger partial charge in [-0.25, -0.2) is 4.79 Å². The van der Waals surface area contributed by atoms with E-state index < -0.39 is 12.1 Å². The van der Waals surface area contributed by atoms with Crippen molar-refractivity contribution in [1.82, 2.24) is 16.0 Å². The molecule has 0 spiro atoms. The number of amides is 3. The Kier molecular flexibility index (Phi) is 12.4. The van der Waals surface area contributed by atoms with Crippen molar-refractivity contribution in [2.24, 2.45) is 5.73 Å². The standard InChI is InChI=1S/C10H22N4O2.ClH/c1-3-5-8(14-10(11)16)9(15)13-7-6-12-4-2;/h8,12H,3-7H2,1-2H3,(H,13,15)(H3,11,14,16);1H/t8-;/m1./s1. The molecule has 0 aromatic rings. The molecule has 0 heterocycles. The largest absolute Gasteiger partial charge is 0.353 e. The highest BCUT2D eigenvalue weighted by Crippen LogP contribution is 1.96. The maximum absolute atomic E-state index is 11.6. The van der Waals surface area contributed by atoms with Crippen LogP contribution < -0.4 is 21.7 Å². The average molecular weight is 267 g/mol. The van der Waals surface area contributed by atoms with Gasteiger partial charge in [-0.1, -0.05) is 20.3 Å². The quantitative estimate of drug-likeness (QED) is 0.465. The summed E-state index contributed by atoms with van der Waals surface area (Å²) in [6.07, 6.45) is 1.40. The lowest BCUT2D eigenvalue weighted by molar-refractivity contribution is -0.123. The van der Waals surface area contributed by atoms with Crippen LogP contribution in [-0.4, -0.2) is 37.6 Å². The van der Waals surface area contributed by atoms with Crippen molar-refractivity contribution in [2.45, 2.75) is 32.7 Å². The summed E-state index contributed by atoms with van der Waals surface area (Å²) >= 11 is 0. The normalized spacial score (nSPS) is 11.2. The molecule has 0 fully saturated rings. The highest BCUT2D eigenvalue weighted by molar-refractivity contribution is 5.86. The second kappa shape index (κ2) is 11.5. The minimum absolute atomic E-state index is 0. The van der Waals surface area contributed by atoms with Crippen LogP contribution in [0.15, 0.2) is 0 Å². The molecule has 0 rings (SSSR count). The fourth-order valence-corrected chi connectivity index (χ4v) is 1.30. The van der Waals surface area contributed by atoms with Gasteiger partial charge in [0.25, 0.3) is 0 Å². The lowest BCUT2D eigenvalue weighted by Gasteiger charge is -2.16. The second-order valence-corrected chi connectivity index (χ2v) is 3.49. The molecule has 5 N–H and O–H groups in total. The average Bonchev–Trinajstić information content (AvgIpc) is 2.23. The van der Waals surface area contributed by atoms with Gasteiger partial charge in [-0.3, -0.25) is 4.79 Å². The van der Waals surface area contributed by atoms with Gasteiger partial charge >= 0.3 is 6.03 Å². The number of primary amides is 1. The molecule has 6 nitrogen and oxygen atoms in total. The Labute approximate surface area is 108 Å². The third-order valence-corrected chi connectivity index (χ3v) is 2.06. The van der Waals surface area contributed by atoms with E-state index in [1.54, 1.807) is 0 Å². The van der Waals surface area contributed by atoms with Gasteiger partial charge in [0.15, 0.2) is 0 Å². The Morgan fingerprint density at radius 1 is 1.24 bits per heavy atom. The van der Waals surface area contributed by atoms with E-state index in [1.807, 2.05) is 13.8 Å². The summed E-state index contributed by atoms with van der Waals surface area (Å²) in [6, 6.07) is -1.19. The Morgan fingerprint density at radius 3 is 2.35 bits per heavy atom. The van der Waals surface area contributed by atoms with Crippen molar-refractivity contribution in [1.29, 1.82) is 0 Å². The van der Waals surface area contributed by atoms with Gasteiger partial charge in [0.1, 0.15) is 6.04 Å². The second-order valence-electron chi connectivity index (χ2n) is 3.49. The fourth-order valence-electron chi connectivity index (χ4n) is 1.30. The van der Waals surface area contributed by atoms with Crippen molar-refractivity contribution in [3.05, 3.63) is 0 Å². The minimum Gasteiger partial charge on any atom is -0.353 e. The molecule has 0 radical (unpaired) electrons. The first-order valence-corrected chi connectivity index (χ1v) is 5.66. The minimum atomic E-state index is -0.666. The molecule has 1 atom stereocenters. The van der Waals surface area contributed by atoms with E-state index in [0.29, 0.717) is 13.0 Å². The van der Waals surface area contributed by atoms with Crippen LogP contribution in [0.25, 0.3) is 0 Å². The molecule has 7 heteroatoms. The van der Waals surface area contributed by atoms with Crippen molar-refractivity contribution in [3.63, 3.8) is 0 Å². The Balaban J connectivity index is 0. The van der Waals surface area contributed by atoms with Gasteiger partial charge in [0, 0.05) is 13.1 Å². The zero-order chi connectivity index (χ0) is 12.4. The molecule has 0 saturated heterocycles. The number of rotatable bonds is 8. The van der Waals surface area contributed by atoms with Crippen LogP contribution in [0.2, 0.25) is 0 Å². The number of carbonyl (C=O) groups excluding carboxylic acids is 2. The van der Waals surface area contributed by atoms with E-state index in [-0.39, 0.29) is 18.3 Å². The summed E-state index contributed by atoms with van der Waals surface area (Å²) in [7, 11) is 0. The van der Waals surface area contributed by atoms with Gasteiger partial charge in [0.2, 0.25) is 5.91 Å². The van der Waals surface area contributed by atoms with E-state index >= 15 is 0 Å². The maximum Gasteiger partial charge on any atom is 0.312 e. The smallest absolute Gasteiger partial charge is 0.312 e. The van der Waals surface area contributed by atoms with E-state index in [2.05, 4.69) is 16.0 Å². The number of hydrogen-bond acceptors (Lipinski definition) is 3. The summed E-state index contributed by atoms with van der Waals surface area (Å²) in [6.45, 7) is 6.08. The number of nitrogens with one attached hydrogen (secondary N) is 3. The molecule has 3 amide bonds. The first-order valence-electron chi connectivity index (χ1n) is 5.66. The van der Waals surface area contributed by atoms with E-state index in [1.165, 1.54) is 0 Å². The number of halogens is 1. The highest BCUT2D eigenvalue weighted by atomic mass is 35.5. The zero-order valence-electron chi connectivity index (χ0n) is 10.4. The number of nitrogens with two attached hydrogens (primary N) is 1. The number of likely N-dealkylation sites (N-methyl/N-ethyl adjacent to an activating group) is 1. The van der Waals surface area contributed by atoms with Gasteiger partial charge in [-0.2, -0.15) is 0 Å². The van der Waals surface area contributed by atoms with Crippen LogP contribution in [0.1, 0.15) is 26.7 Å². The lowest BCUT2D eigenvalue weighted by atomic mass is 10.1. The molecule has 0 aromatic heterocycles. The third kappa shape index (κ3) is 9.89. The monoisotopic (exact) mass is 266 g/mol. The molecular weight excluding hydrogens is 244 g/mol. The molecular formula is C10H23ClN4O2. The van der Waals surface area contributed by atoms with Crippen LogP contribution in [-0.2, 0) is 4.79 Å². The summed E-state index contributed by atoms with van der Waals surface area (Å²) in [4.78, 5) is 22.3. The summed E-state index contributed by atoms with van der Waals surface area (Å²) in [5, 5.41) is 8.25. The number of hydrogen-bond donors (Lipinski definition) is 4. The van der Waals surface area contributed by atoms with Crippen LogP contribution in [0, 0.1) is 0 Å². The van der Waals surface area contributed by atoms with Crippen LogP contribution in [0.3, 0.4) is 0 Å². The zero-order valence-corrected chi connectivity index (χ0v) is 11.2. The predicted molar refractivity (Wildman–Crippen MR) is 70.2 cm³/mol. The maximum atomic E-state index is 11.6. The van der Waals surface area contributed by atoms with Crippen molar-refractivity contribution in [3.8, 4) is 0 Å². The van der Waals surface area contributed by atoms with Crippen LogP contribution in [0.4, 0.5) is 4.79 Å². The summed E-state index contributed by atoms with van der Waals surface area (Å²) in [5.41, 5.74) is 5.00. The Morgan fingerprint density at radius 2 is 1.88 bits per heavy atom. The molecule has 0 aliphatic rings. The van der Waals surface area contributed by atoms with E-state index in [9.17, 15) is 9.59 Å². The summed E-state index contributed by atoms with van der Waals surface area (Å²) in [5.74, 6) is -0.182. The molecule has 0 saturated carbocycles. The van der Waals surface area contributed by atoms with Gasteiger partial charge in [-0.05, 0) is 13.0 Å². The Hall–Kier alpha value is -1.01. The molecule has 0 unspecified atom stereocenters. The molecule has 0 bridgehead atoms. The number of carbonyl (C=O) groups is 2. The SMILES string of the molecule is CCC[C@@H](NC(N)=O)C(=O)NCCNCC.Cl. The number of urea groups is 1. The summed E-state index contributed by atoms with van der Waals surface area (Å²) < 4.78 is 0. The Bertz CT molecular complexity index is 226. The molecule has 102 valence electrons. The molecule has 17 heavy (non-hydrogen) atoms. The highest BCUT2D eigenvalue weighted by Gasteiger charge is 2.17. The topological polar surface area (TPSA) is 96.2 Å². The van der Waals surface area contributed by atoms with E-state index in [0.717, 1.165) is 19.5 Å². The van der Waals surface area contributed by atoms with E-state index in [4.69, 9.17) is 5.73 Å². The molecule has 0 aliphatic heterocycles. The lowest BCUT2D eigenvalue weighted by Crippen LogP contribution is -2.49. The van der Waals surface area contributed by atoms with Crippen molar-refractivity contribution < 1.29 is 9.59 Å². The van der Waals surface area contributed by atoms with Gasteiger partial charge in [0.05, 0.1) is 0 Å². The van der Waals surface area contributed by atoms with Gasteiger partial charge < -0.3 is 21.7 Å². The van der Waals surface area contributed by atoms with Crippen molar-refractivity contribution >= 4 is 24.3 Å². The van der Waals surface area contributed by atoms with Crippen LogP contribution in [0.5, 0.6) is 0 Å². The first kappa shape index (κ1) is 18.4. The molecule has 0 aliphatic carbocycles. The van der Waals surface area contributed by atoms with Crippen LogP contribution >= 0.6 is 12.4 Å². The first-order chi connectivity index (χ1) is 7.61.